The first-order valence-corrected chi connectivity index (χ1v) is 4.49. The maximum Gasteiger partial charge on any atom is 0.0598 e. The average molecular weight is 124 g/mol. The van der Waals surface area contributed by atoms with Crippen molar-refractivity contribution in [3.63, 3.8) is 0 Å². The topological polar surface area (TPSA) is 12.0 Å². The van der Waals surface area contributed by atoms with Gasteiger partial charge in [0.15, 0.2) is 0 Å². The molecule has 1 aliphatic heterocycles. The Morgan fingerprint density at radius 2 is 2.50 bits per heavy atom. The van der Waals surface area contributed by atoms with Crippen molar-refractivity contribution in [1.29, 1.82) is 0 Å². The SMILES string of the molecule is ClP1CCCN1. The van der Waals surface area contributed by atoms with Crippen LogP contribution in [-0.2, 0) is 0 Å². The number of rotatable bonds is 0. The summed E-state index contributed by atoms with van der Waals surface area (Å²) in [5.74, 6) is 0. The molecule has 0 aromatic heterocycles. The predicted molar refractivity (Wildman–Crippen MR) is 30.3 cm³/mol. The summed E-state index contributed by atoms with van der Waals surface area (Å²) in [5.41, 5.74) is 0. The zero-order valence-electron chi connectivity index (χ0n) is 3.45. The molecule has 1 atom stereocenters. The van der Waals surface area contributed by atoms with Crippen molar-refractivity contribution >= 4 is 18.7 Å². The number of nitrogens with one attached hydrogen (secondary N) is 1. The van der Waals surface area contributed by atoms with Crippen molar-refractivity contribution in [2.45, 2.75) is 6.42 Å². The standard InChI is InChI=1S/C3H7ClNP/c4-6-3-1-2-5-6/h5H,1-3H2. The van der Waals surface area contributed by atoms with Gasteiger partial charge in [-0.05, 0) is 12.6 Å². The van der Waals surface area contributed by atoms with E-state index in [2.05, 4.69) is 5.09 Å². The van der Waals surface area contributed by atoms with Gasteiger partial charge in [0.25, 0.3) is 0 Å². The van der Waals surface area contributed by atoms with Crippen LogP contribution in [-0.4, -0.2) is 12.7 Å². The first kappa shape index (κ1) is 4.83. The van der Waals surface area contributed by atoms with Crippen LogP contribution < -0.4 is 5.09 Å². The zero-order chi connectivity index (χ0) is 4.41. The van der Waals surface area contributed by atoms with Gasteiger partial charge in [0, 0.05) is 6.54 Å². The summed E-state index contributed by atoms with van der Waals surface area (Å²) in [6.07, 6.45) is 2.48. The third kappa shape index (κ3) is 1.07. The van der Waals surface area contributed by atoms with Gasteiger partial charge in [-0.1, -0.05) is 11.2 Å². The average Bonchev–Trinajstić information content (AvgIpc) is 1.86. The van der Waals surface area contributed by atoms with Gasteiger partial charge in [-0.2, -0.15) is 0 Å². The summed E-state index contributed by atoms with van der Waals surface area (Å²) in [6.45, 7) is 1.13. The molecule has 1 saturated heterocycles. The molecule has 36 valence electrons. The fraction of sp³-hybridized carbons (Fsp3) is 1.00. The predicted octanol–water partition coefficient (Wildman–Crippen LogP) is 1.53. The van der Waals surface area contributed by atoms with Gasteiger partial charge in [-0.15, -0.1) is 0 Å². The molecule has 3 heteroatoms. The molecule has 0 amide bonds. The van der Waals surface area contributed by atoms with E-state index in [1.807, 2.05) is 0 Å². The van der Waals surface area contributed by atoms with E-state index in [0.717, 1.165) is 6.54 Å². The van der Waals surface area contributed by atoms with Crippen molar-refractivity contribution in [3.05, 3.63) is 0 Å². The molecule has 0 spiro atoms. The molecule has 1 unspecified atom stereocenters. The van der Waals surface area contributed by atoms with E-state index in [9.17, 15) is 0 Å². The van der Waals surface area contributed by atoms with E-state index >= 15 is 0 Å². The Hall–Kier alpha value is 0.680. The molecular weight excluding hydrogens is 116 g/mol. The minimum absolute atomic E-state index is 0.243. The second kappa shape index (κ2) is 2.11. The molecule has 1 nitrogen and oxygen atoms in total. The molecule has 1 aliphatic rings. The Morgan fingerprint density at radius 1 is 1.67 bits per heavy atom. The number of hydrogen-bond donors (Lipinski definition) is 1. The van der Waals surface area contributed by atoms with Crippen LogP contribution in [0, 0.1) is 0 Å². The molecule has 1 rings (SSSR count). The van der Waals surface area contributed by atoms with Crippen molar-refractivity contribution in [2.75, 3.05) is 12.7 Å². The highest BCUT2D eigenvalue weighted by molar-refractivity contribution is 7.82. The lowest BCUT2D eigenvalue weighted by molar-refractivity contribution is 0.939. The minimum Gasteiger partial charge on any atom is -0.283 e. The normalized spacial score (nSPS) is 34.5. The van der Waals surface area contributed by atoms with Gasteiger partial charge >= 0.3 is 0 Å². The Balaban J connectivity index is 2.18. The third-order valence-electron chi connectivity index (χ3n) is 0.815. The van der Waals surface area contributed by atoms with E-state index in [0.29, 0.717) is 0 Å². The van der Waals surface area contributed by atoms with Gasteiger partial charge in [-0.25, -0.2) is 0 Å². The summed E-state index contributed by atoms with van der Waals surface area (Å²) in [6, 6.07) is 0. The van der Waals surface area contributed by atoms with E-state index in [1.54, 1.807) is 0 Å². The van der Waals surface area contributed by atoms with Crippen LogP contribution in [0.1, 0.15) is 6.42 Å². The van der Waals surface area contributed by atoms with Gasteiger partial charge in [0.05, 0.1) is 7.43 Å². The minimum atomic E-state index is -0.243. The van der Waals surface area contributed by atoms with Crippen molar-refractivity contribution < 1.29 is 0 Å². The van der Waals surface area contributed by atoms with Crippen molar-refractivity contribution in [3.8, 4) is 0 Å². The molecule has 0 aromatic carbocycles. The highest BCUT2D eigenvalue weighted by Crippen LogP contribution is 2.40. The first-order valence-electron chi connectivity index (χ1n) is 2.06. The lowest BCUT2D eigenvalue weighted by atomic mass is 10.5. The number of hydrogen-bond acceptors (Lipinski definition) is 1. The Kier molecular flexibility index (Phi) is 1.70. The lowest BCUT2D eigenvalue weighted by Gasteiger charge is -1.91. The fourth-order valence-electron chi connectivity index (χ4n) is 0.497. The van der Waals surface area contributed by atoms with Gasteiger partial charge in [0.2, 0.25) is 0 Å². The smallest absolute Gasteiger partial charge is 0.0598 e. The molecular formula is C3H7ClNP. The van der Waals surface area contributed by atoms with Crippen molar-refractivity contribution in [2.24, 2.45) is 0 Å². The van der Waals surface area contributed by atoms with Gasteiger partial charge in [-0.3, -0.25) is 5.09 Å². The molecule has 6 heavy (non-hydrogen) atoms. The van der Waals surface area contributed by atoms with Crippen LogP contribution in [0.5, 0.6) is 0 Å². The van der Waals surface area contributed by atoms with Crippen LogP contribution in [0.3, 0.4) is 0 Å². The Morgan fingerprint density at radius 3 is 2.67 bits per heavy atom. The maximum absolute atomic E-state index is 5.67. The quantitative estimate of drug-likeness (QED) is 0.482. The molecule has 0 aliphatic carbocycles. The van der Waals surface area contributed by atoms with Crippen LogP contribution in [0.2, 0.25) is 0 Å². The summed E-state index contributed by atoms with van der Waals surface area (Å²) in [5, 5.41) is 3.15. The lowest BCUT2D eigenvalue weighted by Crippen LogP contribution is -1.93. The largest absolute Gasteiger partial charge is 0.283 e. The second-order valence-corrected chi connectivity index (χ2v) is 4.06. The van der Waals surface area contributed by atoms with Gasteiger partial charge in [0.1, 0.15) is 0 Å². The number of halogens is 1. The van der Waals surface area contributed by atoms with Crippen LogP contribution >= 0.6 is 18.7 Å². The van der Waals surface area contributed by atoms with E-state index in [4.69, 9.17) is 11.2 Å². The maximum atomic E-state index is 5.67. The summed E-state index contributed by atoms with van der Waals surface area (Å²) >= 11 is 5.67. The van der Waals surface area contributed by atoms with E-state index in [-0.39, 0.29) is 7.43 Å². The Bertz CT molecular complexity index is 44.1. The fourth-order valence-corrected chi connectivity index (χ4v) is 2.10. The summed E-state index contributed by atoms with van der Waals surface area (Å²) in [4.78, 5) is 0. The third-order valence-corrected chi connectivity index (χ3v) is 2.96. The molecule has 1 heterocycles. The van der Waals surface area contributed by atoms with Crippen LogP contribution in [0.25, 0.3) is 0 Å². The monoisotopic (exact) mass is 123 g/mol. The van der Waals surface area contributed by atoms with Gasteiger partial charge < -0.3 is 0 Å². The molecule has 0 aromatic rings. The molecule has 0 saturated carbocycles. The molecule has 1 fully saturated rings. The zero-order valence-corrected chi connectivity index (χ0v) is 5.10. The summed E-state index contributed by atoms with van der Waals surface area (Å²) < 4.78 is 0. The molecule has 0 radical (unpaired) electrons. The van der Waals surface area contributed by atoms with Crippen LogP contribution in [0.15, 0.2) is 0 Å². The van der Waals surface area contributed by atoms with Crippen LogP contribution in [0.4, 0.5) is 0 Å². The highest BCUT2D eigenvalue weighted by atomic mass is 35.7. The first-order chi connectivity index (χ1) is 2.89. The van der Waals surface area contributed by atoms with E-state index < -0.39 is 0 Å². The Labute approximate surface area is 43.7 Å². The second-order valence-electron chi connectivity index (χ2n) is 1.35. The summed E-state index contributed by atoms with van der Waals surface area (Å²) in [7, 11) is -0.243. The van der Waals surface area contributed by atoms with E-state index in [1.165, 1.54) is 12.6 Å². The molecule has 1 N–H and O–H groups in total. The molecule has 0 bridgehead atoms. The highest BCUT2D eigenvalue weighted by Gasteiger charge is 2.08. The van der Waals surface area contributed by atoms with Crippen molar-refractivity contribution in [1.82, 2.24) is 5.09 Å².